The van der Waals surface area contributed by atoms with Crippen molar-refractivity contribution in [1.29, 1.82) is 0 Å². The number of amides is 2. The van der Waals surface area contributed by atoms with Gasteiger partial charge in [0.1, 0.15) is 11.5 Å². The minimum Gasteiger partial charge on any atom is -0.395 e. The third kappa shape index (κ3) is 4.07. The molecule has 0 unspecified atom stereocenters. The molecule has 7 heteroatoms. The third-order valence-corrected chi connectivity index (χ3v) is 4.53. The Bertz CT molecular complexity index is 819. The molecule has 1 heterocycles. The highest BCUT2D eigenvalue weighted by Gasteiger charge is 2.30. The van der Waals surface area contributed by atoms with Gasteiger partial charge in [0, 0.05) is 21.6 Å². The fourth-order valence-corrected chi connectivity index (χ4v) is 3.13. The van der Waals surface area contributed by atoms with Gasteiger partial charge in [-0.15, -0.1) is 0 Å². The van der Waals surface area contributed by atoms with E-state index < -0.39 is 11.8 Å². The topological polar surface area (TPSA) is 69.6 Å². The summed E-state index contributed by atoms with van der Waals surface area (Å²) in [4.78, 5) is 26.6. The second-order valence-electron chi connectivity index (χ2n) is 5.28. The molecule has 2 N–H and O–H groups in total. The first-order valence-corrected chi connectivity index (χ1v) is 8.37. The fraction of sp³-hybridized carbons (Fsp3) is 0.111. The molecule has 0 radical (unpaired) electrons. The number of benzene rings is 2. The maximum atomic E-state index is 12.9. The average Bonchev–Trinajstić information content (AvgIpc) is 2.86. The molecule has 0 aromatic heterocycles. The molecule has 0 saturated heterocycles. The van der Waals surface area contributed by atoms with E-state index in [0.717, 1.165) is 14.7 Å². The van der Waals surface area contributed by atoms with Gasteiger partial charge in [0.2, 0.25) is 0 Å². The Kier molecular flexibility index (Phi) is 5.16. The van der Waals surface area contributed by atoms with Gasteiger partial charge in [-0.2, -0.15) is 0 Å². The lowest BCUT2D eigenvalue weighted by Crippen LogP contribution is -2.34. The summed E-state index contributed by atoms with van der Waals surface area (Å²) in [6.45, 7) is -0.291. The molecule has 0 saturated carbocycles. The largest absolute Gasteiger partial charge is 0.395 e. The summed E-state index contributed by atoms with van der Waals surface area (Å²) in [5.74, 6) is -1.17. The first kappa shape index (κ1) is 17.2. The highest BCUT2D eigenvalue weighted by molar-refractivity contribution is 7.99. The minimum atomic E-state index is -0.455. The number of hydrogen-bond acceptors (Lipinski definition) is 5. The van der Waals surface area contributed by atoms with E-state index in [1.54, 1.807) is 24.3 Å². The molecular formula is C18H15FN2O3S. The number of carbonyl (C=O) groups is 2. The van der Waals surface area contributed by atoms with E-state index in [2.05, 4.69) is 5.32 Å². The number of rotatable bonds is 6. The van der Waals surface area contributed by atoms with Crippen molar-refractivity contribution in [3.8, 4) is 0 Å². The molecule has 1 aliphatic rings. The Morgan fingerprint density at radius 3 is 2.20 bits per heavy atom. The van der Waals surface area contributed by atoms with Crippen molar-refractivity contribution in [1.82, 2.24) is 4.90 Å². The molecule has 0 atom stereocenters. The zero-order valence-corrected chi connectivity index (χ0v) is 13.9. The van der Waals surface area contributed by atoms with Crippen LogP contribution in [0, 0.1) is 5.82 Å². The molecule has 0 fully saturated rings. The maximum Gasteiger partial charge on any atom is 0.277 e. The molecule has 2 aromatic carbocycles. The van der Waals surface area contributed by atoms with E-state index >= 15 is 0 Å². The summed E-state index contributed by atoms with van der Waals surface area (Å²) in [6, 6.07) is 13.5. The van der Waals surface area contributed by atoms with Gasteiger partial charge < -0.3 is 10.4 Å². The van der Waals surface area contributed by atoms with E-state index in [9.17, 15) is 14.0 Å². The number of nitrogens with one attached hydrogen (secondary N) is 1. The zero-order valence-electron chi connectivity index (χ0n) is 13.1. The highest BCUT2D eigenvalue weighted by Crippen LogP contribution is 2.29. The molecule has 25 heavy (non-hydrogen) atoms. The van der Waals surface area contributed by atoms with Gasteiger partial charge in [-0.25, -0.2) is 4.39 Å². The van der Waals surface area contributed by atoms with Gasteiger partial charge in [0.05, 0.1) is 13.2 Å². The number of aliphatic hydroxyl groups is 1. The monoisotopic (exact) mass is 358 g/mol. The number of nitrogens with zero attached hydrogens (tertiary/aromatic N) is 1. The van der Waals surface area contributed by atoms with Gasteiger partial charge >= 0.3 is 0 Å². The van der Waals surface area contributed by atoms with Crippen molar-refractivity contribution in [2.45, 2.75) is 9.79 Å². The van der Waals surface area contributed by atoms with Crippen molar-refractivity contribution >= 4 is 29.3 Å². The van der Waals surface area contributed by atoms with Crippen LogP contribution in [0.25, 0.3) is 0 Å². The number of β-amino-alcohol motifs (C(OH)–C–C–N with tert-alkyl or cyclic N) is 1. The third-order valence-electron chi connectivity index (χ3n) is 3.52. The summed E-state index contributed by atoms with van der Waals surface area (Å²) in [7, 11) is 0. The lowest BCUT2D eigenvalue weighted by Gasteiger charge is -2.13. The SMILES string of the molecule is O=C1C=C(Nc2ccc(Sc3ccc(F)cc3)cc2)C(=O)N1CCO. The molecule has 1 aliphatic heterocycles. The Labute approximate surface area is 148 Å². The number of halogens is 1. The highest BCUT2D eigenvalue weighted by atomic mass is 32.2. The first-order chi connectivity index (χ1) is 12.1. The van der Waals surface area contributed by atoms with Crippen LogP contribution < -0.4 is 5.32 Å². The molecule has 2 aromatic rings. The predicted molar refractivity (Wildman–Crippen MR) is 92.5 cm³/mol. The molecular weight excluding hydrogens is 343 g/mol. The second-order valence-corrected chi connectivity index (χ2v) is 6.43. The Morgan fingerprint density at radius 2 is 1.60 bits per heavy atom. The molecule has 0 aliphatic carbocycles. The van der Waals surface area contributed by atoms with Gasteiger partial charge in [-0.3, -0.25) is 14.5 Å². The Morgan fingerprint density at radius 1 is 1.00 bits per heavy atom. The van der Waals surface area contributed by atoms with Gasteiger partial charge in [0.25, 0.3) is 11.8 Å². The van der Waals surface area contributed by atoms with E-state index in [4.69, 9.17) is 5.11 Å². The van der Waals surface area contributed by atoms with Crippen LogP contribution in [-0.2, 0) is 9.59 Å². The lowest BCUT2D eigenvalue weighted by atomic mass is 10.3. The van der Waals surface area contributed by atoms with Crippen LogP contribution in [0.2, 0.25) is 0 Å². The maximum absolute atomic E-state index is 12.9. The number of hydrogen-bond donors (Lipinski definition) is 2. The van der Waals surface area contributed by atoms with Crippen LogP contribution in [0.1, 0.15) is 0 Å². The predicted octanol–water partition coefficient (Wildman–Crippen LogP) is 2.63. The second kappa shape index (κ2) is 7.50. The molecule has 2 amide bonds. The Balaban J connectivity index is 1.65. The average molecular weight is 358 g/mol. The van der Waals surface area contributed by atoms with Crippen molar-refractivity contribution < 1.29 is 19.1 Å². The fourth-order valence-electron chi connectivity index (χ4n) is 2.31. The molecule has 0 bridgehead atoms. The van der Waals surface area contributed by atoms with Crippen LogP contribution in [0.5, 0.6) is 0 Å². The molecule has 5 nitrogen and oxygen atoms in total. The lowest BCUT2D eigenvalue weighted by molar-refractivity contribution is -0.137. The summed E-state index contributed by atoms with van der Waals surface area (Å²) in [6.07, 6.45) is 1.22. The van der Waals surface area contributed by atoms with Crippen molar-refractivity contribution in [2.24, 2.45) is 0 Å². The van der Waals surface area contributed by atoms with Crippen LogP contribution in [0.15, 0.2) is 70.1 Å². The van der Waals surface area contributed by atoms with Crippen molar-refractivity contribution in [3.63, 3.8) is 0 Å². The number of anilines is 1. The van der Waals surface area contributed by atoms with E-state index in [1.165, 1.54) is 30.0 Å². The summed E-state index contributed by atoms with van der Waals surface area (Å²) in [5, 5.41) is 11.8. The van der Waals surface area contributed by atoms with Gasteiger partial charge in [-0.1, -0.05) is 11.8 Å². The Hall–Kier alpha value is -2.64. The first-order valence-electron chi connectivity index (χ1n) is 7.56. The zero-order chi connectivity index (χ0) is 17.8. The van der Waals surface area contributed by atoms with E-state index in [-0.39, 0.29) is 24.7 Å². The summed E-state index contributed by atoms with van der Waals surface area (Å²) < 4.78 is 12.9. The van der Waals surface area contributed by atoms with Crippen LogP contribution in [0.4, 0.5) is 10.1 Å². The van der Waals surface area contributed by atoms with Crippen LogP contribution in [0.3, 0.4) is 0 Å². The summed E-state index contributed by atoms with van der Waals surface area (Å²) >= 11 is 1.49. The van der Waals surface area contributed by atoms with Gasteiger partial charge in [0.15, 0.2) is 0 Å². The summed E-state index contributed by atoms with van der Waals surface area (Å²) in [5.41, 5.74) is 0.846. The van der Waals surface area contributed by atoms with Crippen molar-refractivity contribution in [3.05, 3.63) is 66.1 Å². The van der Waals surface area contributed by atoms with Crippen LogP contribution in [-0.4, -0.2) is 35.0 Å². The van der Waals surface area contributed by atoms with Crippen LogP contribution >= 0.6 is 11.8 Å². The van der Waals surface area contributed by atoms with E-state index in [0.29, 0.717) is 5.69 Å². The van der Waals surface area contributed by atoms with Crippen molar-refractivity contribution in [2.75, 3.05) is 18.5 Å². The smallest absolute Gasteiger partial charge is 0.277 e. The quantitative estimate of drug-likeness (QED) is 0.777. The number of aliphatic hydroxyl groups excluding tert-OH is 1. The minimum absolute atomic E-state index is 0.0212. The normalized spacial score (nSPS) is 14.0. The number of carbonyl (C=O) groups excluding carboxylic acids is 2. The standard InChI is InChI=1S/C18H15FN2O3S/c19-12-1-5-14(6-2-12)25-15-7-3-13(4-8-15)20-16-11-17(23)21(9-10-22)18(16)24/h1-8,11,20,22H,9-10H2. The van der Waals surface area contributed by atoms with Gasteiger partial charge in [-0.05, 0) is 48.5 Å². The molecule has 128 valence electrons. The van der Waals surface area contributed by atoms with E-state index in [1.807, 2.05) is 12.1 Å². The molecule has 3 rings (SSSR count). The number of imide groups is 1. The molecule has 0 spiro atoms.